The Morgan fingerprint density at radius 1 is 1.47 bits per heavy atom. The van der Waals surface area contributed by atoms with E-state index in [9.17, 15) is 8.42 Å². The fraction of sp³-hybridized carbons (Fsp3) is 0.692. The third kappa shape index (κ3) is 2.70. The fourth-order valence-electron chi connectivity index (χ4n) is 2.76. The minimum absolute atomic E-state index is 0.0575. The lowest BCUT2D eigenvalue weighted by molar-refractivity contribution is 0.403. The Morgan fingerprint density at radius 2 is 2.16 bits per heavy atom. The van der Waals surface area contributed by atoms with Crippen LogP contribution in [0.4, 0.5) is 0 Å². The summed E-state index contributed by atoms with van der Waals surface area (Å²) >= 11 is 0. The Kier molecular flexibility index (Phi) is 4.03. The van der Waals surface area contributed by atoms with E-state index in [0.29, 0.717) is 35.4 Å². The monoisotopic (exact) mass is 286 g/mol. The number of sulfonamides is 1. The van der Waals surface area contributed by atoms with Crippen LogP contribution in [-0.4, -0.2) is 32.4 Å². The number of hydrogen-bond donors (Lipinski definition) is 1. The number of nitrogens with zero attached hydrogens (tertiary/aromatic N) is 1. The first kappa shape index (κ1) is 14.6. The van der Waals surface area contributed by atoms with Gasteiger partial charge in [-0.25, -0.2) is 8.42 Å². The first-order valence-corrected chi connectivity index (χ1v) is 8.06. The van der Waals surface area contributed by atoms with Gasteiger partial charge in [0.05, 0.1) is 6.54 Å². The van der Waals surface area contributed by atoms with Gasteiger partial charge >= 0.3 is 0 Å². The van der Waals surface area contributed by atoms with Crippen LogP contribution in [0.15, 0.2) is 15.4 Å². The van der Waals surface area contributed by atoms with Crippen LogP contribution in [0.2, 0.25) is 0 Å². The molecule has 19 heavy (non-hydrogen) atoms. The Labute approximate surface area is 115 Å². The lowest BCUT2D eigenvalue weighted by Gasteiger charge is -2.20. The average Bonchev–Trinajstić information content (AvgIpc) is 2.83. The lowest BCUT2D eigenvalue weighted by atomic mass is 10.1. The van der Waals surface area contributed by atoms with Gasteiger partial charge in [-0.1, -0.05) is 6.92 Å². The van der Waals surface area contributed by atoms with Gasteiger partial charge in [0.15, 0.2) is 0 Å². The van der Waals surface area contributed by atoms with Gasteiger partial charge in [-0.05, 0) is 33.2 Å². The van der Waals surface area contributed by atoms with Gasteiger partial charge in [-0.2, -0.15) is 4.31 Å². The van der Waals surface area contributed by atoms with E-state index < -0.39 is 10.0 Å². The van der Waals surface area contributed by atoms with Crippen molar-refractivity contribution in [3.63, 3.8) is 0 Å². The third-order valence-electron chi connectivity index (χ3n) is 3.59. The number of nitrogens with one attached hydrogen (secondary N) is 1. The van der Waals surface area contributed by atoms with E-state index in [2.05, 4.69) is 12.2 Å². The second kappa shape index (κ2) is 5.26. The minimum atomic E-state index is -3.44. The normalized spacial score (nSPS) is 25.1. The van der Waals surface area contributed by atoms with E-state index in [0.717, 1.165) is 6.42 Å². The van der Waals surface area contributed by atoms with E-state index in [1.807, 2.05) is 6.92 Å². The molecule has 0 amide bonds. The molecule has 0 radical (unpaired) electrons. The quantitative estimate of drug-likeness (QED) is 0.915. The van der Waals surface area contributed by atoms with Crippen LogP contribution in [0, 0.1) is 12.8 Å². The topological polar surface area (TPSA) is 62.6 Å². The second-order valence-corrected chi connectivity index (χ2v) is 7.29. The van der Waals surface area contributed by atoms with Crippen LogP contribution in [0.3, 0.4) is 0 Å². The highest BCUT2D eigenvalue weighted by atomic mass is 32.2. The van der Waals surface area contributed by atoms with E-state index >= 15 is 0 Å². The summed E-state index contributed by atoms with van der Waals surface area (Å²) in [7, 11) is -1.64. The maximum Gasteiger partial charge on any atom is 0.246 e. The fourth-order valence-corrected chi connectivity index (χ4v) is 4.71. The summed E-state index contributed by atoms with van der Waals surface area (Å²) in [4.78, 5) is 0.304. The molecule has 6 heteroatoms. The molecule has 1 aromatic heterocycles. The number of hydrogen-bond acceptors (Lipinski definition) is 4. The molecule has 5 nitrogen and oxygen atoms in total. The summed E-state index contributed by atoms with van der Waals surface area (Å²) in [5.41, 5.74) is 0. The van der Waals surface area contributed by atoms with Gasteiger partial charge in [0, 0.05) is 18.7 Å². The molecule has 2 atom stereocenters. The van der Waals surface area contributed by atoms with Crippen LogP contribution in [0.1, 0.15) is 31.8 Å². The van der Waals surface area contributed by atoms with Crippen molar-refractivity contribution >= 4 is 10.0 Å². The maximum atomic E-state index is 12.7. The maximum absolute atomic E-state index is 12.7. The van der Waals surface area contributed by atoms with Crippen molar-refractivity contribution in [2.24, 2.45) is 5.92 Å². The van der Waals surface area contributed by atoms with Crippen LogP contribution in [-0.2, 0) is 16.6 Å². The molecule has 1 fully saturated rings. The second-order valence-electron chi connectivity index (χ2n) is 5.43. The van der Waals surface area contributed by atoms with Gasteiger partial charge < -0.3 is 9.73 Å². The average molecular weight is 286 g/mol. The van der Waals surface area contributed by atoms with E-state index in [4.69, 9.17) is 4.42 Å². The molecule has 0 aromatic carbocycles. The summed E-state index contributed by atoms with van der Waals surface area (Å²) in [6.07, 6.45) is 0.916. The molecule has 2 heterocycles. The van der Waals surface area contributed by atoms with Crippen LogP contribution >= 0.6 is 0 Å². The predicted molar refractivity (Wildman–Crippen MR) is 73.3 cm³/mol. The molecule has 0 saturated carbocycles. The van der Waals surface area contributed by atoms with Crippen molar-refractivity contribution in [2.75, 3.05) is 13.6 Å². The molecular formula is C13H22N2O3S. The van der Waals surface area contributed by atoms with Crippen LogP contribution < -0.4 is 5.32 Å². The Morgan fingerprint density at radius 3 is 2.68 bits per heavy atom. The molecule has 0 bridgehead atoms. The van der Waals surface area contributed by atoms with Gasteiger partial charge in [0.25, 0.3) is 0 Å². The molecule has 0 aliphatic carbocycles. The zero-order chi connectivity index (χ0) is 14.2. The molecule has 2 unspecified atom stereocenters. The van der Waals surface area contributed by atoms with Gasteiger partial charge in [-0.3, -0.25) is 0 Å². The largest absolute Gasteiger partial charge is 0.464 e. The standard InChI is InChI=1S/C13H22N2O3S/c1-9-5-10(2)15(8-9)19(16,17)13-6-12(7-14-4)18-11(13)3/h6,9-10,14H,5,7-8H2,1-4H3. The molecule has 1 saturated heterocycles. The first-order chi connectivity index (χ1) is 8.86. The highest BCUT2D eigenvalue weighted by Crippen LogP contribution is 2.31. The van der Waals surface area contributed by atoms with Crippen molar-refractivity contribution < 1.29 is 12.8 Å². The van der Waals surface area contributed by atoms with Crippen molar-refractivity contribution in [2.45, 2.75) is 44.7 Å². The van der Waals surface area contributed by atoms with Crippen molar-refractivity contribution in [1.29, 1.82) is 0 Å². The van der Waals surface area contributed by atoms with Gasteiger partial charge in [-0.15, -0.1) is 0 Å². The molecule has 1 aromatic rings. The Hall–Kier alpha value is -0.850. The summed E-state index contributed by atoms with van der Waals surface area (Å²) in [6.45, 7) is 6.87. The molecule has 1 N–H and O–H groups in total. The molecule has 2 rings (SSSR count). The van der Waals surface area contributed by atoms with Crippen molar-refractivity contribution in [3.8, 4) is 0 Å². The number of rotatable bonds is 4. The summed E-state index contributed by atoms with van der Waals surface area (Å²) in [5, 5.41) is 2.96. The number of aryl methyl sites for hydroxylation is 1. The lowest BCUT2D eigenvalue weighted by Crippen LogP contribution is -2.34. The molecule has 108 valence electrons. The van der Waals surface area contributed by atoms with Crippen molar-refractivity contribution in [3.05, 3.63) is 17.6 Å². The predicted octanol–water partition coefficient (Wildman–Crippen LogP) is 1.73. The molecule has 1 aliphatic rings. The van der Waals surface area contributed by atoms with E-state index in [1.54, 1.807) is 24.3 Å². The number of furan rings is 1. The Bertz CT molecular complexity index is 550. The van der Waals surface area contributed by atoms with E-state index in [-0.39, 0.29) is 6.04 Å². The summed E-state index contributed by atoms with van der Waals surface area (Å²) in [5.74, 6) is 1.53. The molecule has 1 aliphatic heterocycles. The SMILES string of the molecule is CNCc1cc(S(=O)(=O)N2CC(C)CC2C)c(C)o1. The smallest absolute Gasteiger partial charge is 0.246 e. The first-order valence-electron chi connectivity index (χ1n) is 6.62. The summed E-state index contributed by atoms with van der Waals surface area (Å²) < 4.78 is 32.4. The van der Waals surface area contributed by atoms with Gasteiger partial charge in [0.1, 0.15) is 16.4 Å². The van der Waals surface area contributed by atoms with Crippen LogP contribution in [0.5, 0.6) is 0 Å². The Balaban J connectivity index is 2.34. The van der Waals surface area contributed by atoms with E-state index in [1.165, 1.54) is 0 Å². The molecule has 0 spiro atoms. The third-order valence-corrected chi connectivity index (χ3v) is 5.68. The molecular weight excluding hydrogens is 264 g/mol. The highest BCUT2D eigenvalue weighted by Gasteiger charge is 2.37. The highest BCUT2D eigenvalue weighted by molar-refractivity contribution is 7.89. The zero-order valence-electron chi connectivity index (χ0n) is 11.9. The van der Waals surface area contributed by atoms with Crippen molar-refractivity contribution in [1.82, 2.24) is 9.62 Å². The minimum Gasteiger partial charge on any atom is -0.464 e. The van der Waals surface area contributed by atoms with Gasteiger partial charge in [0.2, 0.25) is 10.0 Å². The zero-order valence-corrected chi connectivity index (χ0v) is 12.8. The van der Waals surface area contributed by atoms with Crippen LogP contribution in [0.25, 0.3) is 0 Å². The summed E-state index contributed by atoms with van der Waals surface area (Å²) in [6, 6.07) is 1.69.